The molecule has 2 fully saturated rings. The van der Waals surface area contributed by atoms with Crippen molar-refractivity contribution in [3.8, 4) is 0 Å². The van der Waals surface area contributed by atoms with Crippen molar-refractivity contribution in [2.75, 3.05) is 51.2 Å². The average molecular weight is 245 g/mol. The maximum Gasteiger partial charge on any atom is 0.0367 e. The van der Waals surface area contributed by atoms with Crippen LogP contribution in [0.15, 0.2) is 24.3 Å². The number of nitrogens with zero attached hydrogens (tertiary/aromatic N) is 2. The second-order valence-corrected chi connectivity index (χ2v) is 5.58. The lowest BCUT2D eigenvalue weighted by atomic mass is 9.98. The van der Waals surface area contributed by atoms with Crippen LogP contribution in [-0.4, -0.2) is 51.2 Å². The minimum atomic E-state index is 0.743. The molecule has 1 atom stereocenters. The highest BCUT2D eigenvalue weighted by atomic mass is 15.2. The van der Waals surface area contributed by atoms with E-state index in [1.165, 1.54) is 30.8 Å². The maximum atomic E-state index is 3.40. The molecule has 1 aromatic carbocycles. The van der Waals surface area contributed by atoms with Crippen molar-refractivity contribution < 1.29 is 0 Å². The molecular formula is C15H23N3. The molecule has 3 rings (SSSR count). The zero-order valence-corrected chi connectivity index (χ0v) is 11.2. The van der Waals surface area contributed by atoms with E-state index in [9.17, 15) is 0 Å². The van der Waals surface area contributed by atoms with Gasteiger partial charge in [-0.15, -0.1) is 0 Å². The summed E-state index contributed by atoms with van der Waals surface area (Å²) in [6.45, 7) is 6.93. The summed E-state index contributed by atoms with van der Waals surface area (Å²) in [7, 11) is 2.22. The minimum Gasteiger partial charge on any atom is -0.369 e. The van der Waals surface area contributed by atoms with Gasteiger partial charge in [0, 0.05) is 38.4 Å². The molecule has 0 aromatic heterocycles. The summed E-state index contributed by atoms with van der Waals surface area (Å²) in [5.41, 5.74) is 2.89. The average Bonchev–Trinajstić information content (AvgIpc) is 2.87. The Hall–Kier alpha value is -1.06. The Morgan fingerprint density at radius 1 is 1.06 bits per heavy atom. The molecule has 2 saturated heterocycles. The molecule has 2 aliphatic rings. The van der Waals surface area contributed by atoms with Gasteiger partial charge in [-0.05, 0) is 43.6 Å². The summed E-state index contributed by atoms with van der Waals surface area (Å²) in [5.74, 6) is 0.743. The Morgan fingerprint density at radius 2 is 1.78 bits per heavy atom. The zero-order chi connectivity index (χ0) is 12.4. The number of likely N-dealkylation sites (tertiary alicyclic amines) is 1. The van der Waals surface area contributed by atoms with Gasteiger partial charge in [0.25, 0.3) is 0 Å². The number of anilines is 1. The van der Waals surface area contributed by atoms with E-state index in [0.29, 0.717) is 0 Å². The third-order valence-corrected chi connectivity index (χ3v) is 4.24. The van der Waals surface area contributed by atoms with Crippen LogP contribution in [0, 0.1) is 0 Å². The van der Waals surface area contributed by atoms with Gasteiger partial charge < -0.3 is 15.1 Å². The lowest BCUT2D eigenvalue weighted by molar-refractivity contribution is 0.411. The van der Waals surface area contributed by atoms with Crippen LogP contribution in [0.1, 0.15) is 17.9 Å². The molecule has 0 radical (unpaired) electrons. The van der Waals surface area contributed by atoms with E-state index in [1.807, 2.05) is 0 Å². The zero-order valence-electron chi connectivity index (χ0n) is 11.2. The fourth-order valence-electron chi connectivity index (χ4n) is 3.09. The Labute approximate surface area is 110 Å². The summed E-state index contributed by atoms with van der Waals surface area (Å²) < 4.78 is 0. The van der Waals surface area contributed by atoms with Crippen LogP contribution in [0.25, 0.3) is 0 Å². The number of benzene rings is 1. The molecule has 0 saturated carbocycles. The number of likely N-dealkylation sites (N-methyl/N-ethyl adjacent to an activating group) is 1. The molecule has 0 aliphatic carbocycles. The molecule has 0 bridgehead atoms. The Kier molecular flexibility index (Phi) is 3.52. The first-order chi connectivity index (χ1) is 8.83. The lowest BCUT2D eigenvalue weighted by Gasteiger charge is -2.29. The van der Waals surface area contributed by atoms with Gasteiger partial charge in [0.2, 0.25) is 0 Å². The maximum absolute atomic E-state index is 3.40. The minimum absolute atomic E-state index is 0.743. The monoisotopic (exact) mass is 245 g/mol. The van der Waals surface area contributed by atoms with E-state index >= 15 is 0 Å². The van der Waals surface area contributed by atoms with Crippen LogP contribution in [-0.2, 0) is 0 Å². The van der Waals surface area contributed by atoms with Gasteiger partial charge in [0.1, 0.15) is 0 Å². The molecule has 3 heteroatoms. The molecule has 2 heterocycles. The van der Waals surface area contributed by atoms with Gasteiger partial charge in [-0.2, -0.15) is 0 Å². The molecule has 98 valence electrons. The fourth-order valence-corrected chi connectivity index (χ4v) is 3.09. The van der Waals surface area contributed by atoms with Gasteiger partial charge in [-0.1, -0.05) is 12.1 Å². The first-order valence-corrected chi connectivity index (χ1v) is 7.07. The quantitative estimate of drug-likeness (QED) is 0.852. The highest BCUT2D eigenvalue weighted by Gasteiger charge is 2.21. The lowest BCUT2D eigenvalue weighted by Crippen LogP contribution is -2.43. The number of hydrogen-bond acceptors (Lipinski definition) is 3. The second-order valence-electron chi connectivity index (χ2n) is 5.58. The number of nitrogens with one attached hydrogen (secondary N) is 1. The second kappa shape index (κ2) is 5.29. The smallest absolute Gasteiger partial charge is 0.0367 e. The van der Waals surface area contributed by atoms with Crippen LogP contribution in [0.4, 0.5) is 5.69 Å². The molecule has 0 amide bonds. The highest BCUT2D eigenvalue weighted by molar-refractivity contribution is 5.48. The molecular weight excluding hydrogens is 222 g/mol. The van der Waals surface area contributed by atoms with Crippen LogP contribution in [0.2, 0.25) is 0 Å². The number of piperazine rings is 1. The molecule has 1 aromatic rings. The van der Waals surface area contributed by atoms with Gasteiger partial charge >= 0.3 is 0 Å². The molecule has 1 N–H and O–H groups in total. The normalized spacial score (nSPS) is 25.6. The summed E-state index contributed by atoms with van der Waals surface area (Å²) in [6.07, 6.45) is 1.31. The largest absolute Gasteiger partial charge is 0.369 e. The summed E-state index contributed by atoms with van der Waals surface area (Å²) in [5, 5.41) is 3.40. The van der Waals surface area contributed by atoms with E-state index in [-0.39, 0.29) is 0 Å². The van der Waals surface area contributed by atoms with Crippen LogP contribution >= 0.6 is 0 Å². The van der Waals surface area contributed by atoms with Crippen molar-refractivity contribution in [1.29, 1.82) is 0 Å². The van der Waals surface area contributed by atoms with Crippen LogP contribution in [0.5, 0.6) is 0 Å². The van der Waals surface area contributed by atoms with Gasteiger partial charge in [-0.3, -0.25) is 0 Å². The van der Waals surface area contributed by atoms with Crippen molar-refractivity contribution in [1.82, 2.24) is 10.2 Å². The van der Waals surface area contributed by atoms with Gasteiger partial charge in [-0.25, -0.2) is 0 Å². The Balaban J connectivity index is 1.68. The fraction of sp³-hybridized carbons (Fsp3) is 0.600. The van der Waals surface area contributed by atoms with E-state index < -0.39 is 0 Å². The third kappa shape index (κ3) is 2.52. The van der Waals surface area contributed by atoms with Crippen LogP contribution < -0.4 is 10.2 Å². The third-order valence-electron chi connectivity index (χ3n) is 4.24. The first kappa shape index (κ1) is 12.0. The molecule has 0 spiro atoms. The summed E-state index contributed by atoms with van der Waals surface area (Å²) >= 11 is 0. The van der Waals surface area contributed by atoms with Gasteiger partial charge in [0.15, 0.2) is 0 Å². The Morgan fingerprint density at radius 3 is 2.39 bits per heavy atom. The van der Waals surface area contributed by atoms with Crippen molar-refractivity contribution in [3.05, 3.63) is 29.8 Å². The number of hydrogen-bond donors (Lipinski definition) is 1. The van der Waals surface area contributed by atoms with Crippen LogP contribution in [0.3, 0.4) is 0 Å². The van der Waals surface area contributed by atoms with E-state index in [1.54, 1.807) is 0 Å². The molecule has 2 aliphatic heterocycles. The van der Waals surface area contributed by atoms with E-state index in [0.717, 1.165) is 32.1 Å². The van der Waals surface area contributed by atoms with Crippen molar-refractivity contribution in [2.45, 2.75) is 12.3 Å². The van der Waals surface area contributed by atoms with Gasteiger partial charge in [0.05, 0.1) is 0 Å². The summed E-state index contributed by atoms with van der Waals surface area (Å²) in [6, 6.07) is 9.28. The van der Waals surface area contributed by atoms with Crippen molar-refractivity contribution >= 4 is 5.69 Å². The Bertz CT molecular complexity index is 357. The topological polar surface area (TPSA) is 18.5 Å². The van der Waals surface area contributed by atoms with Crippen molar-refractivity contribution in [2.24, 2.45) is 0 Å². The van der Waals surface area contributed by atoms with E-state index in [4.69, 9.17) is 0 Å². The number of rotatable bonds is 2. The molecule has 1 unspecified atom stereocenters. The predicted octanol–water partition coefficient (Wildman–Crippen LogP) is 1.52. The van der Waals surface area contributed by atoms with E-state index in [2.05, 4.69) is 46.4 Å². The SMILES string of the molecule is CN1CCC(c2ccc(N3CCNCC3)cc2)C1. The van der Waals surface area contributed by atoms with Crippen molar-refractivity contribution in [3.63, 3.8) is 0 Å². The predicted molar refractivity (Wildman–Crippen MR) is 76.4 cm³/mol. The highest BCUT2D eigenvalue weighted by Crippen LogP contribution is 2.27. The first-order valence-electron chi connectivity index (χ1n) is 7.07. The standard InChI is InChI=1S/C15H23N3/c1-17-9-6-14(12-17)13-2-4-15(5-3-13)18-10-7-16-8-11-18/h2-5,14,16H,6-12H2,1H3. The molecule has 18 heavy (non-hydrogen) atoms. The molecule has 3 nitrogen and oxygen atoms in total. The summed E-state index contributed by atoms with van der Waals surface area (Å²) in [4.78, 5) is 4.90.